The fraction of sp³-hybridized carbons (Fsp3) is 0.391. The van der Waals surface area contributed by atoms with E-state index in [0.717, 1.165) is 18.4 Å². The summed E-state index contributed by atoms with van der Waals surface area (Å²) in [5.74, 6) is -1.35. The molecule has 7 nitrogen and oxygen atoms in total. The minimum Gasteiger partial charge on any atom is -0.466 e. The Labute approximate surface area is 183 Å². The lowest BCUT2D eigenvalue weighted by atomic mass is 9.99. The Balaban J connectivity index is 1.70. The number of rotatable bonds is 9. The molecule has 0 aliphatic carbocycles. The van der Waals surface area contributed by atoms with Crippen LogP contribution in [0.5, 0.6) is 0 Å². The molecule has 0 spiro atoms. The van der Waals surface area contributed by atoms with Gasteiger partial charge in [-0.1, -0.05) is 36.4 Å². The van der Waals surface area contributed by atoms with E-state index in [9.17, 15) is 18.0 Å². The monoisotopic (exact) mass is 444 g/mol. The van der Waals surface area contributed by atoms with Crippen molar-refractivity contribution >= 4 is 21.9 Å². The summed E-state index contributed by atoms with van der Waals surface area (Å²) in [5.41, 5.74) is 1.20. The molecule has 1 aliphatic rings. The molecule has 2 aromatic rings. The number of hydrogen-bond donors (Lipinski definition) is 1. The molecule has 166 valence electrons. The van der Waals surface area contributed by atoms with E-state index in [-0.39, 0.29) is 29.6 Å². The topological polar surface area (TPSA) is 92.8 Å². The molecule has 1 fully saturated rings. The van der Waals surface area contributed by atoms with Crippen molar-refractivity contribution in [2.75, 3.05) is 26.2 Å². The Morgan fingerprint density at radius 3 is 2.45 bits per heavy atom. The SMILES string of the molecule is CCOC(=O)C(CNC(=O)c1cccc(S(=O)(=O)N2CCCC2)c1)Cc1ccccc1. The second kappa shape index (κ2) is 10.5. The zero-order chi connectivity index (χ0) is 22.3. The number of carbonyl (C=O) groups excluding carboxylic acids is 2. The van der Waals surface area contributed by atoms with Crippen LogP contribution in [0.3, 0.4) is 0 Å². The maximum atomic E-state index is 12.8. The average molecular weight is 445 g/mol. The number of amides is 1. The fourth-order valence-electron chi connectivity index (χ4n) is 3.59. The quantitative estimate of drug-likeness (QED) is 0.600. The van der Waals surface area contributed by atoms with Gasteiger partial charge in [0.25, 0.3) is 5.91 Å². The van der Waals surface area contributed by atoms with E-state index in [0.29, 0.717) is 19.5 Å². The van der Waals surface area contributed by atoms with E-state index in [4.69, 9.17) is 4.74 Å². The number of esters is 1. The summed E-state index contributed by atoms with van der Waals surface area (Å²) < 4.78 is 32.2. The molecule has 1 unspecified atom stereocenters. The molecule has 1 N–H and O–H groups in total. The summed E-state index contributed by atoms with van der Waals surface area (Å²) in [5, 5.41) is 2.76. The third-order valence-corrected chi connectivity index (χ3v) is 7.15. The van der Waals surface area contributed by atoms with Crippen molar-refractivity contribution in [3.05, 3.63) is 65.7 Å². The van der Waals surface area contributed by atoms with Crippen molar-refractivity contribution < 1.29 is 22.7 Å². The summed E-state index contributed by atoms with van der Waals surface area (Å²) in [6, 6.07) is 15.5. The maximum absolute atomic E-state index is 12.8. The zero-order valence-corrected chi connectivity index (χ0v) is 18.4. The highest BCUT2D eigenvalue weighted by atomic mass is 32.2. The predicted octanol–water partition coefficient (Wildman–Crippen LogP) is 2.62. The first-order valence-corrected chi connectivity index (χ1v) is 11.9. The molecule has 0 aromatic heterocycles. The van der Waals surface area contributed by atoms with Gasteiger partial charge in [-0.05, 0) is 49.9 Å². The van der Waals surface area contributed by atoms with Crippen LogP contribution < -0.4 is 5.32 Å². The highest BCUT2D eigenvalue weighted by molar-refractivity contribution is 7.89. The molecule has 31 heavy (non-hydrogen) atoms. The van der Waals surface area contributed by atoms with Crippen LogP contribution in [0.4, 0.5) is 0 Å². The van der Waals surface area contributed by atoms with Crippen LogP contribution >= 0.6 is 0 Å². The lowest BCUT2D eigenvalue weighted by Gasteiger charge is -2.17. The Bertz CT molecular complexity index is 1000. The van der Waals surface area contributed by atoms with Gasteiger partial charge in [0.15, 0.2) is 0 Å². The summed E-state index contributed by atoms with van der Waals surface area (Å²) >= 11 is 0. The molecule has 1 heterocycles. The van der Waals surface area contributed by atoms with Gasteiger partial charge in [0, 0.05) is 25.2 Å². The highest BCUT2D eigenvalue weighted by Crippen LogP contribution is 2.21. The molecule has 0 saturated carbocycles. The van der Waals surface area contributed by atoms with E-state index in [1.165, 1.54) is 16.4 Å². The third kappa shape index (κ3) is 5.92. The molecule has 1 amide bonds. The second-order valence-corrected chi connectivity index (χ2v) is 9.43. The van der Waals surface area contributed by atoms with Gasteiger partial charge < -0.3 is 10.1 Å². The van der Waals surface area contributed by atoms with Crippen LogP contribution in [0.1, 0.15) is 35.7 Å². The van der Waals surface area contributed by atoms with Crippen molar-refractivity contribution in [2.45, 2.75) is 31.1 Å². The molecule has 0 bridgehead atoms. The van der Waals surface area contributed by atoms with Crippen LogP contribution in [-0.2, 0) is 26.0 Å². The minimum absolute atomic E-state index is 0.0929. The Hall–Kier alpha value is -2.71. The zero-order valence-electron chi connectivity index (χ0n) is 17.6. The average Bonchev–Trinajstić information content (AvgIpc) is 3.33. The molecule has 3 rings (SSSR count). The second-order valence-electron chi connectivity index (χ2n) is 7.49. The maximum Gasteiger partial charge on any atom is 0.311 e. The molecule has 2 aromatic carbocycles. The fourth-order valence-corrected chi connectivity index (χ4v) is 5.15. The largest absolute Gasteiger partial charge is 0.466 e. The Morgan fingerprint density at radius 1 is 1.06 bits per heavy atom. The van der Waals surface area contributed by atoms with Crippen molar-refractivity contribution in [1.82, 2.24) is 9.62 Å². The number of ether oxygens (including phenoxy) is 1. The number of hydrogen-bond acceptors (Lipinski definition) is 5. The first-order valence-electron chi connectivity index (χ1n) is 10.5. The smallest absolute Gasteiger partial charge is 0.311 e. The Morgan fingerprint density at radius 2 is 1.77 bits per heavy atom. The van der Waals surface area contributed by atoms with Crippen LogP contribution in [-0.4, -0.2) is 50.8 Å². The highest BCUT2D eigenvalue weighted by Gasteiger charge is 2.28. The minimum atomic E-state index is -3.61. The summed E-state index contributed by atoms with van der Waals surface area (Å²) in [6.07, 6.45) is 2.12. The third-order valence-electron chi connectivity index (χ3n) is 5.25. The van der Waals surface area contributed by atoms with E-state index in [2.05, 4.69) is 5.32 Å². The first kappa shape index (κ1) is 23.0. The van der Waals surface area contributed by atoms with Crippen LogP contribution in [0.2, 0.25) is 0 Å². The molecule has 0 radical (unpaired) electrons. The van der Waals surface area contributed by atoms with Crippen molar-refractivity contribution in [1.29, 1.82) is 0 Å². The lowest BCUT2D eigenvalue weighted by molar-refractivity contribution is -0.147. The first-order chi connectivity index (χ1) is 14.9. The molecule has 1 saturated heterocycles. The summed E-state index contributed by atoms with van der Waals surface area (Å²) in [7, 11) is -3.61. The summed E-state index contributed by atoms with van der Waals surface area (Å²) in [6.45, 7) is 3.09. The number of sulfonamides is 1. The number of carbonyl (C=O) groups is 2. The normalized spacial score (nSPS) is 15.4. The molecule has 1 atom stereocenters. The van der Waals surface area contributed by atoms with Crippen molar-refractivity contribution in [3.8, 4) is 0 Å². The predicted molar refractivity (Wildman–Crippen MR) is 117 cm³/mol. The van der Waals surface area contributed by atoms with Crippen LogP contribution in [0.25, 0.3) is 0 Å². The van der Waals surface area contributed by atoms with Crippen LogP contribution in [0.15, 0.2) is 59.5 Å². The van der Waals surface area contributed by atoms with E-state index >= 15 is 0 Å². The van der Waals surface area contributed by atoms with Gasteiger partial charge in [-0.15, -0.1) is 0 Å². The van der Waals surface area contributed by atoms with Gasteiger partial charge >= 0.3 is 5.97 Å². The molecule has 1 aliphatic heterocycles. The molecular formula is C23H28N2O5S. The lowest BCUT2D eigenvalue weighted by Crippen LogP contribution is -2.35. The van der Waals surface area contributed by atoms with Gasteiger partial charge in [0.1, 0.15) is 0 Å². The number of nitrogens with zero attached hydrogens (tertiary/aromatic N) is 1. The standard InChI is InChI=1S/C23H28N2O5S/c1-2-30-23(27)20(15-18-9-4-3-5-10-18)17-24-22(26)19-11-8-12-21(16-19)31(28,29)25-13-6-7-14-25/h3-5,8-12,16,20H,2,6-7,13-15,17H2,1H3,(H,24,26). The van der Waals surface area contributed by atoms with Gasteiger partial charge in [-0.3, -0.25) is 9.59 Å². The molecular weight excluding hydrogens is 416 g/mol. The number of benzene rings is 2. The van der Waals surface area contributed by atoms with Crippen LogP contribution in [0, 0.1) is 5.92 Å². The van der Waals surface area contributed by atoms with Gasteiger partial charge in [0.05, 0.1) is 17.4 Å². The van der Waals surface area contributed by atoms with Crippen molar-refractivity contribution in [2.24, 2.45) is 5.92 Å². The van der Waals surface area contributed by atoms with Gasteiger partial charge in [0.2, 0.25) is 10.0 Å². The van der Waals surface area contributed by atoms with E-state index in [1.54, 1.807) is 19.1 Å². The summed E-state index contributed by atoms with van der Waals surface area (Å²) in [4.78, 5) is 25.2. The molecule has 8 heteroatoms. The van der Waals surface area contributed by atoms with E-state index in [1.807, 2.05) is 30.3 Å². The number of nitrogens with one attached hydrogen (secondary N) is 1. The van der Waals surface area contributed by atoms with Gasteiger partial charge in [-0.25, -0.2) is 8.42 Å². The van der Waals surface area contributed by atoms with Gasteiger partial charge in [-0.2, -0.15) is 4.31 Å². The van der Waals surface area contributed by atoms with Crippen molar-refractivity contribution in [3.63, 3.8) is 0 Å². The Kier molecular flexibility index (Phi) is 7.81. The van der Waals surface area contributed by atoms with E-state index < -0.39 is 21.8 Å².